The molecule has 0 aromatic heterocycles. The van der Waals surface area contributed by atoms with Crippen molar-refractivity contribution in [2.75, 3.05) is 6.61 Å². The summed E-state index contributed by atoms with van der Waals surface area (Å²) in [5.74, 6) is 0.344. The Kier molecular flexibility index (Phi) is 5.69. The predicted octanol–water partition coefficient (Wildman–Crippen LogP) is 4.06. The molecule has 4 nitrogen and oxygen atoms in total. The third-order valence-corrected chi connectivity index (χ3v) is 3.79. The van der Waals surface area contributed by atoms with Crippen LogP contribution in [0.15, 0.2) is 46.9 Å². The largest absolute Gasteiger partial charge is 0.508 e. The van der Waals surface area contributed by atoms with E-state index in [1.807, 2.05) is 13.0 Å². The Morgan fingerprint density at radius 1 is 1.36 bits per heavy atom. The number of halogens is 2. The molecular formula is C16H15BrClNO3. The summed E-state index contributed by atoms with van der Waals surface area (Å²) in [7, 11) is 0. The molecular weight excluding hydrogens is 370 g/mol. The minimum Gasteiger partial charge on any atom is -0.508 e. The highest BCUT2D eigenvalue weighted by Gasteiger charge is 2.11. The fourth-order valence-electron chi connectivity index (χ4n) is 1.90. The Morgan fingerprint density at radius 2 is 2.14 bits per heavy atom. The summed E-state index contributed by atoms with van der Waals surface area (Å²) in [6, 6.07) is 11.7. The number of phenols is 1. The smallest absolute Gasteiger partial charge is 0.258 e. The molecule has 2 aromatic carbocycles. The molecule has 0 unspecified atom stereocenters. The first-order chi connectivity index (χ1) is 10.5. The zero-order valence-electron chi connectivity index (χ0n) is 11.8. The van der Waals surface area contributed by atoms with E-state index < -0.39 is 0 Å². The number of amides is 1. The number of carbonyl (C=O) groups is 1. The topological polar surface area (TPSA) is 58.6 Å². The van der Waals surface area contributed by atoms with Crippen molar-refractivity contribution in [3.05, 3.63) is 57.5 Å². The molecule has 0 aliphatic rings. The Hall–Kier alpha value is -1.72. The molecule has 0 fully saturated rings. The Morgan fingerprint density at radius 3 is 2.82 bits per heavy atom. The van der Waals surface area contributed by atoms with Crippen LogP contribution in [0.3, 0.4) is 0 Å². The minimum absolute atomic E-state index is 0.134. The van der Waals surface area contributed by atoms with Crippen molar-refractivity contribution in [1.29, 1.82) is 0 Å². The van der Waals surface area contributed by atoms with Gasteiger partial charge in [0.2, 0.25) is 0 Å². The summed E-state index contributed by atoms with van der Waals surface area (Å²) in [4.78, 5) is 11.9. The maximum absolute atomic E-state index is 11.9. The summed E-state index contributed by atoms with van der Waals surface area (Å²) in [5.41, 5.74) is 0.815. The number of aromatic hydroxyl groups is 1. The SMILES string of the molecule is C[C@H](NC(=O)COc1ccc(Br)cc1Cl)c1cccc(O)c1. The quantitative estimate of drug-likeness (QED) is 0.817. The molecule has 0 saturated heterocycles. The molecule has 116 valence electrons. The number of hydrogen-bond donors (Lipinski definition) is 2. The zero-order valence-corrected chi connectivity index (χ0v) is 14.2. The molecule has 2 aromatic rings. The molecule has 2 N–H and O–H groups in total. The van der Waals surface area contributed by atoms with Gasteiger partial charge in [0.05, 0.1) is 11.1 Å². The molecule has 1 atom stereocenters. The molecule has 0 heterocycles. The van der Waals surface area contributed by atoms with Gasteiger partial charge in [0.15, 0.2) is 6.61 Å². The van der Waals surface area contributed by atoms with E-state index in [0.717, 1.165) is 10.0 Å². The molecule has 0 aliphatic carbocycles. The number of ether oxygens (including phenoxy) is 1. The number of nitrogens with one attached hydrogen (secondary N) is 1. The van der Waals surface area contributed by atoms with Crippen LogP contribution in [0.25, 0.3) is 0 Å². The summed E-state index contributed by atoms with van der Waals surface area (Å²) in [6.07, 6.45) is 0. The number of rotatable bonds is 5. The van der Waals surface area contributed by atoms with Crippen molar-refractivity contribution < 1.29 is 14.6 Å². The molecule has 0 spiro atoms. The third kappa shape index (κ3) is 4.64. The lowest BCUT2D eigenvalue weighted by atomic mass is 10.1. The fraction of sp³-hybridized carbons (Fsp3) is 0.188. The average molecular weight is 385 g/mol. The van der Waals surface area contributed by atoms with E-state index in [-0.39, 0.29) is 24.3 Å². The van der Waals surface area contributed by atoms with Crippen molar-refractivity contribution in [3.8, 4) is 11.5 Å². The monoisotopic (exact) mass is 383 g/mol. The molecule has 1 amide bonds. The Labute approximate surface area is 142 Å². The van der Waals surface area contributed by atoms with Gasteiger partial charge >= 0.3 is 0 Å². The summed E-state index contributed by atoms with van der Waals surface area (Å²) < 4.78 is 6.24. The zero-order chi connectivity index (χ0) is 16.1. The van der Waals surface area contributed by atoms with Crippen LogP contribution in [0, 0.1) is 0 Å². The highest BCUT2D eigenvalue weighted by Crippen LogP contribution is 2.27. The normalized spacial score (nSPS) is 11.8. The number of phenolic OH excluding ortho intramolecular Hbond substituents is 1. The van der Waals surface area contributed by atoms with E-state index in [9.17, 15) is 9.90 Å². The number of benzene rings is 2. The lowest BCUT2D eigenvalue weighted by molar-refractivity contribution is -0.123. The van der Waals surface area contributed by atoms with Gasteiger partial charge in [0, 0.05) is 4.47 Å². The number of carbonyl (C=O) groups excluding carboxylic acids is 1. The second kappa shape index (κ2) is 7.51. The van der Waals surface area contributed by atoms with Crippen LogP contribution in [0.5, 0.6) is 11.5 Å². The second-order valence-electron chi connectivity index (χ2n) is 4.75. The lowest BCUT2D eigenvalue weighted by Gasteiger charge is -2.15. The van der Waals surface area contributed by atoms with Crippen LogP contribution < -0.4 is 10.1 Å². The van der Waals surface area contributed by atoms with E-state index in [0.29, 0.717) is 10.8 Å². The maximum atomic E-state index is 11.9. The minimum atomic E-state index is -0.269. The van der Waals surface area contributed by atoms with Gasteiger partial charge in [-0.05, 0) is 42.8 Å². The van der Waals surface area contributed by atoms with Crippen molar-refractivity contribution in [2.24, 2.45) is 0 Å². The van der Waals surface area contributed by atoms with Crippen LogP contribution in [-0.2, 0) is 4.79 Å². The van der Waals surface area contributed by atoms with Crippen LogP contribution >= 0.6 is 27.5 Å². The van der Waals surface area contributed by atoms with Gasteiger partial charge in [-0.2, -0.15) is 0 Å². The summed E-state index contributed by atoms with van der Waals surface area (Å²) in [6.45, 7) is 1.70. The third-order valence-electron chi connectivity index (χ3n) is 3.00. The molecule has 2 rings (SSSR count). The van der Waals surface area contributed by atoms with Gasteiger partial charge in [0.25, 0.3) is 5.91 Å². The van der Waals surface area contributed by atoms with Crippen LogP contribution in [-0.4, -0.2) is 17.6 Å². The summed E-state index contributed by atoms with van der Waals surface area (Å²) >= 11 is 9.32. The summed E-state index contributed by atoms with van der Waals surface area (Å²) in [5, 5.41) is 12.7. The lowest BCUT2D eigenvalue weighted by Crippen LogP contribution is -2.31. The van der Waals surface area contributed by atoms with Crippen LogP contribution in [0.1, 0.15) is 18.5 Å². The number of hydrogen-bond acceptors (Lipinski definition) is 3. The Balaban J connectivity index is 1.90. The van der Waals surface area contributed by atoms with Crippen molar-refractivity contribution >= 4 is 33.4 Å². The highest BCUT2D eigenvalue weighted by atomic mass is 79.9. The highest BCUT2D eigenvalue weighted by molar-refractivity contribution is 9.10. The van der Waals surface area contributed by atoms with Crippen molar-refractivity contribution in [3.63, 3.8) is 0 Å². The molecule has 0 saturated carbocycles. The van der Waals surface area contributed by atoms with E-state index in [1.165, 1.54) is 0 Å². The first-order valence-electron chi connectivity index (χ1n) is 6.62. The van der Waals surface area contributed by atoms with Crippen molar-refractivity contribution in [1.82, 2.24) is 5.32 Å². The van der Waals surface area contributed by atoms with Crippen molar-refractivity contribution in [2.45, 2.75) is 13.0 Å². The van der Waals surface area contributed by atoms with Gasteiger partial charge in [-0.1, -0.05) is 39.7 Å². The van der Waals surface area contributed by atoms with Gasteiger partial charge < -0.3 is 15.2 Å². The molecule has 0 bridgehead atoms. The molecule has 0 radical (unpaired) electrons. The van der Waals surface area contributed by atoms with E-state index in [1.54, 1.807) is 36.4 Å². The first-order valence-corrected chi connectivity index (χ1v) is 7.79. The first kappa shape index (κ1) is 16.6. The van der Waals surface area contributed by atoms with Gasteiger partial charge in [-0.15, -0.1) is 0 Å². The van der Waals surface area contributed by atoms with Gasteiger partial charge in [0.1, 0.15) is 11.5 Å². The molecule has 0 aliphatic heterocycles. The van der Waals surface area contributed by atoms with E-state index in [2.05, 4.69) is 21.2 Å². The second-order valence-corrected chi connectivity index (χ2v) is 6.07. The molecule has 6 heteroatoms. The Bertz CT molecular complexity index is 678. The molecule has 22 heavy (non-hydrogen) atoms. The standard InChI is InChI=1S/C16H15BrClNO3/c1-10(11-3-2-4-13(20)7-11)19-16(21)9-22-15-6-5-12(17)8-14(15)18/h2-8,10,20H,9H2,1H3,(H,19,21)/t10-/m0/s1. The predicted molar refractivity (Wildman–Crippen MR) is 89.3 cm³/mol. The van der Waals surface area contributed by atoms with Gasteiger partial charge in [-0.25, -0.2) is 0 Å². The fourth-order valence-corrected chi connectivity index (χ4v) is 2.62. The van der Waals surface area contributed by atoms with Crippen LogP contribution in [0.2, 0.25) is 5.02 Å². The average Bonchev–Trinajstić information content (AvgIpc) is 2.46. The van der Waals surface area contributed by atoms with E-state index in [4.69, 9.17) is 16.3 Å². The van der Waals surface area contributed by atoms with Crippen LogP contribution in [0.4, 0.5) is 0 Å². The van der Waals surface area contributed by atoms with Gasteiger partial charge in [-0.3, -0.25) is 4.79 Å². The maximum Gasteiger partial charge on any atom is 0.258 e. The van der Waals surface area contributed by atoms with E-state index >= 15 is 0 Å².